The minimum atomic E-state index is 0.0122. The van der Waals surface area contributed by atoms with Crippen LogP contribution in [-0.4, -0.2) is 35.1 Å². The van der Waals surface area contributed by atoms with Gasteiger partial charge in [0, 0.05) is 18.0 Å². The van der Waals surface area contributed by atoms with Crippen LogP contribution in [0.25, 0.3) is 10.9 Å². The van der Waals surface area contributed by atoms with Crippen molar-refractivity contribution in [3.8, 4) is 5.75 Å². The van der Waals surface area contributed by atoms with Crippen molar-refractivity contribution < 1.29 is 4.74 Å². The van der Waals surface area contributed by atoms with E-state index in [2.05, 4.69) is 46.3 Å². The lowest BCUT2D eigenvalue weighted by Gasteiger charge is -2.43. The topological polar surface area (TPSA) is 51.4 Å². The highest BCUT2D eigenvalue weighted by molar-refractivity contribution is 5.79. The molecule has 1 saturated heterocycles. The Morgan fingerprint density at radius 1 is 1.04 bits per heavy atom. The first-order valence-electron chi connectivity index (χ1n) is 10.4. The Hall–Kier alpha value is -2.43. The van der Waals surface area contributed by atoms with Gasteiger partial charge in [0.25, 0.3) is 0 Å². The molecule has 0 radical (unpaired) electrons. The van der Waals surface area contributed by atoms with Gasteiger partial charge in [-0.2, -0.15) is 0 Å². The lowest BCUT2D eigenvalue weighted by atomic mass is 9.84. The lowest BCUT2D eigenvalue weighted by Crippen LogP contribution is -2.51. The molecule has 4 nitrogen and oxygen atoms in total. The fourth-order valence-corrected chi connectivity index (χ4v) is 4.82. The number of nitrogens with two attached hydrogens (primary N) is 1. The summed E-state index contributed by atoms with van der Waals surface area (Å²) in [5.41, 5.74) is 10.0. The van der Waals surface area contributed by atoms with Gasteiger partial charge in [0.1, 0.15) is 11.9 Å². The van der Waals surface area contributed by atoms with Crippen LogP contribution in [0.5, 0.6) is 5.75 Å². The number of ether oxygens (including phenoxy) is 1. The Kier molecular flexibility index (Phi) is 4.75. The summed E-state index contributed by atoms with van der Waals surface area (Å²) in [4.78, 5) is 7.15. The SMILES string of the molecule is N[C@@H]1CCCN([C@H]2CCc3ccccc3[C@@H]2Oc2cnc3ccccc3c2)C1. The maximum atomic E-state index is 6.65. The molecule has 5 rings (SSSR count). The number of nitrogens with zero attached hydrogens (tertiary/aromatic N) is 2. The maximum absolute atomic E-state index is 6.65. The summed E-state index contributed by atoms with van der Waals surface area (Å²) >= 11 is 0. The first kappa shape index (κ1) is 17.7. The number of rotatable bonds is 3. The highest BCUT2D eigenvalue weighted by atomic mass is 16.5. The fraction of sp³-hybridized carbons (Fsp3) is 0.375. The van der Waals surface area contributed by atoms with Crippen LogP contribution in [0.2, 0.25) is 0 Å². The molecule has 0 amide bonds. The van der Waals surface area contributed by atoms with Crippen LogP contribution in [0.4, 0.5) is 0 Å². The Labute approximate surface area is 166 Å². The van der Waals surface area contributed by atoms with E-state index in [0.717, 1.165) is 49.0 Å². The molecule has 144 valence electrons. The number of piperidine rings is 1. The second-order valence-corrected chi connectivity index (χ2v) is 8.10. The van der Waals surface area contributed by atoms with E-state index in [1.54, 1.807) is 0 Å². The third kappa shape index (κ3) is 3.38. The van der Waals surface area contributed by atoms with Gasteiger partial charge in [-0.25, -0.2) is 0 Å². The van der Waals surface area contributed by atoms with Crippen molar-refractivity contribution in [1.29, 1.82) is 0 Å². The van der Waals surface area contributed by atoms with E-state index in [-0.39, 0.29) is 12.1 Å². The number of hydrogen-bond acceptors (Lipinski definition) is 4. The van der Waals surface area contributed by atoms with Gasteiger partial charge in [-0.1, -0.05) is 42.5 Å². The van der Waals surface area contributed by atoms with Crippen LogP contribution in [0.3, 0.4) is 0 Å². The number of para-hydroxylation sites is 1. The predicted molar refractivity (Wildman–Crippen MR) is 112 cm³/mol. The Balaban J connectivity index is 1.49. The van der Waals surface area contributed by atoms with Crippen molar-refractivity contribution >= 4 is 10.9 Å². The lowest BCUT2D eigenvalue weighted by molar-refractivity contribution is 0.0366. The standard InChI is InChI=1S/C24H27N3O/c25-19-8-5-13-27(16-19)23-12-11-17-6-1-3-9-21(17)24(23)28-20-14-18-7-2-4-10-22(18)26-15-20/h1-4,6-7,9-10,14-15,19,23-24H,5,8,11-13,16,25H2/t19-,23+,24+/m1/s1. The van der Waals surface area contributed by atoms with Gasteiger partial charge >= 0.3 is 0 Å². The molecule has 0 unspecified atom stereocenters. The zero-order valence-electron chi connectivity index (χ0n) is 16.1. The van der Waals surface area contributed by atoms with Gasteiger partial charge in [0.15, 0.2) is 0 Å². The Morgan fingerprint density at radius 2 is 1.89 bits per heavy atom. The molecule has 1 aliphatic carbocycles. The molecule has 1 aromatic heterocycles. The van der Waals surface area contributed by atoms with Crippen molar-refractivity contribution in [2.75, 3.05) is 13.1 Å². The van der Waals surface area contributed by atoms with E-state index < -0.39 is 0 Å². The van der Waals surface area contributed by atoms with Gasteiger partial charge in [-0.15, -0.1) is 0 Å². The summed E-state index contributed by atoms with van der Waals surface area (Å²) < 4.78 is 6.65. The summed E-state index contributed by atoms with van der Waals surface area (Å²) in [7, 11) is 0. The number of aryl methyl sites for hydroxylation is 1. The second-order valence-electron chi connectivity index (χ2n) is 8.10. The van der Waals surface area contributed by atoms with E-state index in [1.165, 1.54) is 17.5 Å². The maximum Gasteiger partial charge on any atom is 0.140 e. The fourth-order valence-electron chi connectivity index (χ4n) is 4.82. The Morgan fingerprint density at radius 3 is 2.82 bits per heavy atom. The molecule has 2 N–H and O–H groups in total. The van der Waals surface area contributed by atoms with E-state index in [0.29, 0.717) is 6.04 Å². The number of benzene rings is 2. The summed E-state index contributed by atoms with van der Waals surface area (Å²) in [5.74, 6) is 0.840. The zero-order chi connectivity index (χ0) is 18.9. The molecule has 0 saturated carbocycles. The van der Waals surface area contributed by atoms with Crippen LogP contribution in [-0.2, 0) is 6.42 Å². The van der Waals surface area contributed by atoms with E-state index in [4.69, 9.17) is 10.5 Å². The van der Waals surface area contributed by atoms with Crippen molar-refractivity contribution in [1.82, 2.24) is 9.88 Å². The van der Waals surface area contributed by atoms with Crippen molar-refractivity contribution in [2.45, 2.75) is 43.9 Å². The monoisotopic (exact) mass is 373 g/mol. The third-order valence-corrected chi connectivity index (χ3v) is 6.21. The minimum Gasteiger partial charge on any atom is -0.482 e. The van der Waals surface area contributed by atoms with Crippen molar-refractivity contribution in [3.05, 3.63) is 71.9 Å². The normalized spacial score (nSPS) is 25.4. The molecule has 1 aliphatic heterocycles. The first-order chi connectivity index (χ1) is 13.8. The zero-order valence-corrected chi connectivity index (χ0v) is 16.1. The molecule has 2 heterocycles. The molecule has 0 spiro atoms. The number of hydrogen-bond donors (Lipinski definition) is 1. The van der Waals surface area contributed by atoms with Crippen molar-refractivity contribution in [3.63, 3.8) is 0 Å². The Bertz CT molecular complexity index is 973. The summed E-state index contributed by atoms with van der Waals surface area (Å²) in [5, 5.41) is 1.11. The molecular formula is C24H27N3O. The summed E-state index contributed by atoms with van der Waals surface area (Å²) in [6.45, 7) is 2.07. The van der Waals surface area contributed by atoms with E-state index in [9.17, 15) is 0 Å². The molecule has 4 heteroatoms. The molecule has 2 aliphatic rings. The molecule has 0 bridgehead atoms. The minimum absolute atomic E-state index is 0.0122. The highest BCUT2D eigenvalue weighted by Gasteiger charge is 2.36. The summed E-state index contributed by atoms with van der Waals surface area (Å²) in [6.07, 6.45) is 6.37. The first-order valence-corrected chi connectivity index (χ1v) is 10.4. The third-order valence-electron chi connectivity index (χ3n) is 6.21. The van der Waals surface area contributed by atoms with Gasteiger partial charge in [0.05, 0.1) is 17.8 Å². The number of fused-ring (bicyclic) bond motifs is 2. The average molecular weight is 374 g/mol. The number of pyridine rings is 1. The smallest absolute Gasteiger partial charge is 0.140 e. The van der Waals surface area contributed by atoms with E-state index in [1.807, 2.05) is 24.4 Å². The van der Waals surface area contributed by atoms with Crippen LogP contribution in [0, 0.1) is 0 Å². The average Bonchev–Trinajstić information content (AvgIpc) is 2.74. The van der Waals surface area contributed by atoms with Gasteiger partial charge < -0.3 is 10.5 Å². The quantitative estimate of drug-likeness (QED) is 0.751. The second kappa shape index (κ2) is 7.53. The highest BCUT2D eigenvalue weighted by Crippen LogP contribution is 2.37. The van der Waals surface area contributed by atoms with Gasteiger partial charge in [-0.3, -0.25) is 9.88 Å². The number of aromatic nitrogens is 1. The number of likely N-dealkylation sites (tertiary alicyclic amines) is 1. The largest absolute Gasteiger partial charge is 0.482 e. The molecule has 2 aromatic carbocycles. The van der Waals surface area contributed by atoms with Crippen LogP contribution >= 0.6 is 0 Å². The molecule has 3 atom stereocenters. The molecule has 3 aromatic rings. The summed E-state index contributed by atoms with van der Waals surface area (Å²) in [6, 6.07) is 19.6. The molecule has 1 fully saturated rings. The molecule has 28 heavy (non-hydrogen) atoms. The van der Waals surface area contributed by atoms with Gasteiger partial charge in [-0.05, 0) is 55.5 Å². The molecular weight excluding hydrogens is 346 g/mol. The van der Waals surface area contributed by atoms with Crippen LogP contribution < -0.4 is 10.5 Å². The van der Waals surface area contributed by atoms with Gasteiger partial charge in [0.2, 0.25) is 0 Å². The predicted octanol–water partition coefficient (Wildman–Crippen LogP) is 4.09. The van der Waals surface area contributed by atoms with Crippen molar-refractivity contribution in [2.24, 2.45) is 5.73 Å². The van der Waals surface area contributed by atoms with Crippen LogP contribution in [0.1, 0.15) is 36.5 Å². The van der Waals surface area contributed by atoms with E-state index >= 15 is 0 Å². The van der Waals surface area contributed by atoms with Crippen LogP contribution in [0.15, 0.2) is 60.8 Å².